The first kappa shape index (κ1) is 14.0. The highest BCUT2D eigenvalue weighted by atomic mass is 16.5. The summed E-state index contributed by atoms with van der Waals surface area (Å²) in [5.41, 5.74) is 2.36. The maximum absolute atomic E-state index is 5.19. The Morgan fingerprint density at radius 1 is 1.26 bits per heavy atom. The molecule has 1 aromatic carbocycles. The van der Waals surface area contributed by atoms with Crippen molar-refractivity contribution in [1.29, 1.82) is 0 Å². The normalized spacial score (nSPS) is 14.5. The number of para-hydroxylation sites is 1. The molecule has 0 fully saturated rings. The molecule has 0 saturated carbocycles. The highest BCUT2D eigenvalue weighted by Gasteiger charge is 2.19. The van der Waals surface area contributed by atoms with Crippen molar-refractivity contribution in [2.75, 3.05) is 20.8 Å². The van der Waals surface area contributed by atoms with Crippen molar-refractivity contribution in [3.05, 3.63) is 42.1 Å². The second-order valence-electron chi connectivity index (χ2n) is 4.95. The van der Waals surface area contributed by atoms with Crippen LogP contribution in [0.5, 0.6) is 0 Å². The molecule has 1 aromatic heterocycles. The topological polar surface area (TPSA) is 34.2 Å². The van der Waals surface area contributed by atoms with Crippen LogP contribution in [0.15, 0.2) is 36.5 Å². The zero-order valence-electron chi connectivity index (χ0n) is 11.9. The maximum Gasteiger partial charge on any atom is 0.0749 e. The quantitative estimate of drug-likeness (QED) is 0.864. The summed E-state index contributed by atoms with van der Waals surface area (Å²) in [5, 5.41) is 4.62. The fourth-order valence-electron chi connectivity index (χ4n) is 2.60. The summed E-state index contributed by atoms with van der Waals surface area (Å²) in [6, 6.07) is 10.8. The molecule has 2 rings (SSSR count). The van der Waals surface area contributed by atoms with Gasteiger partial charge in [0.2, 0.25) is 0 Å². The van der Waals surface area contributed by atoms with Gasteiger partial charge in [0.25, 0.3) is 0 Å². The van der Waals surface area contributed by atoms with Gasteiger partial charge >= 0.3 is 0 Å². The van der Waals surface area contributed by atoms with Gasteiger partial charge in [-0.2, -0.15) is 0 Å². The van der Waals surface area contributed by atoms with E-state index in [1.165, 1.54) is 10.9 Å². The number of nitrogens with one attached hydrogen (secondary N) is 1. The SMILES string of the molecule is CNC(c1cccc2cccnc12)C(C)CCOC. The number of ether oxygens (including phenoxy) is 1. The molecule has 2 unspecified atom stereocenters. The van der Waals surface area contributed by atoms with E-state index in [-0.39, 0.29) is 0 Å². The molecule has 19 heavy (non-hydrogen) atoms. The van der Waals surface area contributed by atoms with Gasteiger partial charge in [-0.3, -0.25) is 4.98 Å². The average molecular weight is 258 g/mol. The van der Waals surface area contributed by atoms with E-state index >= 15 is 0 Å². The minimum atomic E-state index is 0.300. The molecule has 3 nitrogen and oxygen atoms in total. The third-order valence-corrected chi connectivity index (χ3v) is 3.66. The number of rotatable bonds is 6. The molecular weight excluding hydrogens is 236 g/mol. The van der Waals surface area contributed by atoms with Crippen molar-refractivity contribution in [2.45, 2.75) is 19.4 Å². The van der Waals surface area contributed by atoms with Crippen molar-refractivity contribution in [3.8, 4) is 0 Å². The monoisotopic (exact) mass is 258 g/mol. The molecule has 102 valence electrons. The van der Waals surface area contributed by atoms with Gasteiger partial charge in [-0.25, -0.2) is 0 Å². The van der Waals surface area contributed by atoms with E-state index in [0.717, 1.165) is 18.5 Å². The largest absolute Gasteiger partial charge is 0.385 e. The summed E-state index contributed by atoms with van der Waals surface area (Å²) in [5.74, 6) is 0.498. The predicted molar refractivity (Wildman–Crippen MR) is 79.2 cm³/mol. The van der Waals surface area contributed by atoms with E-state index in [4.69, 9.17) is 4.74 Å². The first-order valence-electron chi connectivity index (χ1n) is 6.77. The van der Waals surface area contributed by atoms with Gasteiger partial charge in [0.15, 0.2) is 0 Å². The number of hydrogen-bond acceptors (Lipinski definition) is 3. The minimum absolute atomic E-state index is 0.300. The standard InChI is InChI=1S/C16H22N2O/c1-12(9-11-19-3)15(17-2)14-8-4-6-13-7-5-10-18-16(13)14/h4-8,10,12,15,17H,9,11H2,1-3H3. The molecule has 2 atom stereocenters. The maximum atomic E-state index is 5.19. The van der Waals surface area contributed by atoms with Crippen LogP contribution in [0.3, 0.4) is 0 Å². The Bertz CT molecular complexity index is 522. The molecule has 0 radical (unpaired) electrons. The van der Waals surface area contributed by atoms with Crippen molar-refractivity contribution in [1.82, 2.24) is 10.3 Å². The molecule has 0 bridgehead atoms. The van der Waals surface area contributed by atoms with Crippen LogP contribution in [0.1, 0.15) is 24.9 Å². The van der Waals surface area contributed by atoms with Gasteiger partial charge in [-0.1, -0.05) is 31.2 Å². The molecule has 1 N–H and O–H groups in total. The fourth-order valence-corrected chi connectivity index (χ4v) is 2.60. The Labute approximate surface area is 115 Å². The lowest BCUT2D eigenvalue weighted by Crippen LogP contribution is -2.24. The van der Waals surface area contributed by atoms with E-state index in [0.29, 0.717) is 12.0 Å². The van der Waals surface area contributed by atoms with Crippen LogP contribution in [-0.4, -0.2) is 25.7 Å². The lowest BCUT2D eigenvalue weighted by molar-refractivity contribution is 0.171. The summed E-state index contributed by atoms with van der Waals surface area (Å²) < 4.78 is 5.19. The summed E-state index contributed by atoms with van der Waals surface area (Å²) in [6.07, 6.45) is 2.89. The average Bonchev–Trinajstić information content (AvgIpc) is 2.46. The molecule has 0 aliphatic carbocycles. The van der Waals surface area contributed by atoms with Crippen LogP contribution in [0, 0.1) is 5.92 Å². The summed E-state index contributed by atoms with van der Waals surface area (Å²) in [7, 11) is 3.76. The molecule has 0 spiro atoms. The number of benzene rings is 1. The molecule has 3 heteroatoms. The molecule has 0 aliphatic heterocycles. The number of methoxy groups -OCH3 is 1. The van der Waals surface area contributed by atoms with E-state index in [2.05, 4.69) is 41.5 Å². The summed E-state index contributed by atoms with van der Waals surface area (Å²) in [4.78, 5) is 4.54. The van der Waals surface area contributed by atoms with E-state index in [1.807, 2.05) is 19.3 Å². The highest BCUT2D eigenvalue weighted by Crippen LogP contribution is 2.29. The van der Waals surface area contributed by atoms with Crippen LogP contribution in [0.25, 0.3) is 10.9 Å². The zero-order valence-corrected chi connectivity index (χ0v) is 11.9. The molecule has 0 amide bonds. The Kier molecular flexibility index (Phi) is 4.88. The number of nitrogens with zero attached hydrogens (tertiary/aromatic N) is 1. The lowest BCUT2D eigenvalue weighted by atomic mass is 9.90. The molecule has 1 heterocycles. The number of hydrogen-bond donors (Lipinski definition) is 1. The second kappa shape index (κ2) is 6.64. The highest BCUT2D eigenvalue weighted by molar-refractivity contribution is 5.82. The van der Waals surface area contributed by atoms with Crippen molar-refractivity contribution < 1.29 is 4.74 Å². The summed E-state index contributed by atoms with van der Waals surface area (Å²) in [6.45, 7) is 3.04. The second-order valence-corrected chi connectivity index (χ2v) is 4.95. The van der Waals surface area contributed by atoms with Crippen LogP contribution in [-0.2, 0) is 4.74 Å². The molecule has 0 aliphatic rings. The Balaban J connectivity index is 2.35. The van der Waals surface area contributed by atoms with Crippen LogP contribution < -0.4 is 5.32 Å². The van der Waals surface area contributed by atoms with Gasteiger partial charge in [-0.15, -0.1) is 0 Å². The molecule has 0 saturated heterocycles. The van der Waals surface area contributed by atoms with E-state index in [9.17, 15) is 0 Å². The van der Waals surface area contributed by atoms with Gasteiger partial charge in [0.05, 0.1) is 5.52 Å². The van der Waals surface area contributed by atoms with Crippen molar-refractivity contribution >= 4 is 10.9 Å². The van der Waals surface area contributed by atoms with Gasteiger partial charge in [-0.05, 0) is 31.0 Å². The van der Waals surface area contributed by atoms with Crippen molar-refractivity contribution in [2.24, 2.45) is 5.92 Å². The lowest BCUT2D eigenvalue weighted by Gasteiger charge is -2.24. The third-order valence-electron chi connectivity index (χ3n) is 3.66. The minimum Gasteiger partial charge on any atom is -0.385 e. The van der Waals surface area contributed by atoms with Crippen LogP contribution >= 0.6 is 0 Å². The van der Waals surface area contributed by atoms with Crippen LogP contribution in [0.4, 0.5) is 0 Å². The van der Waals surface area contributed by atoms with E-state index in [1.54, 1.807) is 7.11 Å². The third kappa shape index (κ3) is 3.11. The first-order valence-corrected chi connectivity index (χ1v) is 6.77. The van der Waals surface area contributed by atoms with Gasteiger partial charge in [0, 0.05) is 31.3 Å². The van der Waals surface area contributed by atoms with Crippen molar-refractivity contribution in [3.63, 3.8) is 0 Å². The Morgan fingerprint density at radius 2 is 2.05 bits per heavy atom. The molecule has 2 aromatic rings. The number of aromatic nitrogens is 1. The smallest absolute Gasteiger partial charge is 0.0749 e. The fraction of sp³-hybridized carbons (Fsp3) is 0.438. The number of fused-ring (bicyclic) bond motifs is 1. The predicted octanol–water partition coefficient (Wildman–Crippen LogP) is 3.17. The number of pyridine rings is 1. The van der Waals surface area contributed by atoms with E-state index < -0.39 is 0 Å². The molecular formula is C16H22N2O. The van der Waals surface area contributed by atoms with Gasteiger partial charge < -0.3 is 10.1 Å². The van der Waals surface area contributed by atoms with Crippen LogP contribution in [0.2, 0.25) is 0 Å². The Morgan fingerprint density at radius 3 is 2.79 bits per heavy atom. The Hall–Kier alpha value is -1.45. The zero-order chi connectivity index (χ0) is 13.7. The first-order chi connectivity index (χ1) is 9.27. The van der Waals surface area contributed by atoms with Gasteiger partial charge in [0.1, 0.15) is 0 Å². The summed E-state index contributed by atoms with van der Waals surface area (Å²) >= 11 is 0.